The van der Waals surface area contributed by atoms with E-state index in [1.54, 1.807) is 14.2 Å². The van der Waals surface area contributed by atoms with E-state index in [1.165, 1.54) is 0 Å². The number of nitrogens with zero attached hydrogens (tertiary/aromatic N) is 1. The van der Waals surface area contributed by atoms with Crippen molar-refractivity contribution < 1.29 is 14.2 Å². The van der Waals surface area contributed by atoms with Crippen LogP contribution in [-0.4, -0.2) is 58.8 Å². The Bertz CT molecular complexity index is 119. The van der Waals surface area contributed by atoms with E-state index in [1.807, 2.05) is 25.9 Å². The number of methoxy groups -OCH3 is 2. The van der Waals surface area contributed by atoms with Crippen LogP contribution in [-0.2, 0) is 14.2 Å². The molecule has 13 heavy (non-hydrogen) atoms. The molecule has 2 atom stereocenters. The van der Waals surface area contributed by atoms with Gasteiger partial charge in [0.05, 0.1) is 6.61 Å². The molecule has 0 bridgehead atoms. The highest BCUT2D eigenvalue weighted by molar-refractivity contribution is 4.67. The maximum absolute atomic E-state index is 5.53. The minimum atomic E-state index is -0.0463. The molecule has 0 aliphatic heterocycles. The Hall–Kier alpha value is -0.160. The van der Waals surface area contributed by atoms with Crippen molar-refractivity contribution in [3.05, 3.63) is 0 Å². The van der Waals surface area contributed by atoms with E-state index < -0.39 is 0 Å². The molecule has 0 aliphatic rings. The van der Waals surface area contributed by atoms with Gasteiger partial charge < -0.3 is 14.2 Å². The van der Waals surface area contributed by atoms with Crippen LogP contribution in [0.2, 0.25) is 0 Å². The first-order valence-electron chi connectivity index (χ1n) is 4.47. The molecule has 0 amide bonds. The first kappa shape index (κ1) is 12.8. The molecule has 4 heteroatoms. The molecule has 2 unspecified atom stereocenters. The number of ether oxygens (including phenoxy) is 3. The monoisotopic (exact) mass is 191 g/mol. The first-order chi connectivity index (χ1) is 6.17. The predicted molar refractivity (Wildman–Crippen MR) is 51.8 cm³/mol. The highest BCUT2D eigenvalue weighted by atomic mass is 16.6. The van der Waals surface area contributed by atoms with Gasteiger partial charge in [0.1, 0.15) is 12.3 Å². The smallest absolute Gasteiger partial charge is 0.138 e. The standard InChI is InChI=1S/C9H21NO3/c1-6-13-9(10(2)3)8(12-5)7-11-4/h8-9H,6-7H2,1-5H3. The number of rotatable bonds is 7. The topological polar surface area (TPSA) is 30.9 Å². The van der Waals surface area contributed by atoms with Gasteiger partial charge in [-0.15, -0.1) is 0 Å². The van der Waals surface area contributed by atoms with Crippen molar-refractivity contribution >= 4 is 0 Å². The van der Waals surface area contributed by atoms with E-state index in [0.717, 1.165) is 0 Å². The van der Waals surface area contributed by atoms with Gasteiger partial charge in [-0.3, -0.25) is 4.90 Å². The van der Waals surface area contributed by atoms with E-state index >= 15 is 0 Å². The fraction of sp³-hybridized carbons (Fsp3) is 1.00. The minimum absolute atomic E-state index is 0.0417. The SMILES string of the molecule is CCOC(C(COC)OC)N(C)C. The first-order valence-corrected chi connectivity index (χ1v) is 4.47. The normalized spacial score (nSPS) is 16.2. The molecular weight excluding hydrogens is 170 g/mol. The summed E-state index contributed by atoms with van der Waals surface area (Å²) in [5.41, 5.74) is 0. The lowest BCUT2D eigenvalue weighted by Crippen LogP contribution is -2.44. The Morgan fingerprint density at radius 3 is 2.15 bits per heavy atom. The summed E-state index contributed by atoms with van der Waals surface area (Å²) < 4.78 is 15.8. The van der Waals surface area contributed by atoms with Gasteiger partial charge in [0.2, 0.25) is 0 Å². The summed E-state index contributed by atoms with van der Waals surface area (Å²) in [6, 6.07) is 0. The van der Waals surface area contributed by atoms with Crippen LogP contribution in [0.15, 0.2) is 0 Å². The Balaban J connectivity index is 4.11. The Morgan fingerprint density at radius 2 is 1.85 bits per heavy atom. The molecule has 0 radical (unpaired) electrons. The molecule has 0 aliphatic carbocycles. The summed E-state index contributed by atoms with van der Waals surface area (Å²) in [6.07, 6.45) is -0.0881. The predicted octanol–water partition coefficient (Wildman–Crippen LogP) is 0.572. The Morgan fingerprint density at radius 1 is 1.23 bits per heavy atom. The summed E-state index contributed by atoms with van der Waals surface area (Å²) in [5.74, 6) is 0. The van der Waals surface area contributed by atoms with Crippen LogP contribution in [0.4, 0.5) is 0 Å². The second kappa shape index (κ2) is 7.26. The van der Waals surface area contributed by atoms with Gasteiger partial charge in [0, 0.05) is 20.8 Å². The summed E-state index contributed by atoms with van der Waals surface area (Å²) in [7, 11) is 7.24. The molecule has 0 N–H and O–H groups in total. The zero-order valence-electron chi connectivity index (χ0n) is 9.24. The van der Waals surface area contributed by atoms with E-state index in [-0.39, 0.29) is 12.3 Å². The fourth-order valence-corrected chi connectivity index (χ4v) is 1.19. The van der Waals surface area contributed by atoms with Crippen molar-refractivity contribution in [3.8, 4) is 0 Å². The molecule has 0 saturated heterocycles. The second-order valence-electron chi connectivity index (χ2n) is 3.04. The van der Waals surface area contributed by atoms with Crippen molar-refractivity contribution in [2.75, 3.05) is 41.5 Å². The van der Waals surface area contributed by atoms with Crippen LogP contribution in [0.25, 0.3) is 0 Å². The zero-order valence-corrected chi connectivity index (χ0v) is 9.24. The number of likely N-dealkylation sites (N-methyl/N-ethyl adjacent to an activating group) is 1. The molecule has 4 nitrogen and oxygen atoms in total. The third-order valence-electron chi connectivity index (χ3n) is 1.80. The van der Waals surface area contributed by atoms with Gasteiger partial charge in [-0.25, -0.2) is 0 Å². The average molecular weight is 191 g/mol. The van der Waals surface area contributed by atoms with E-state index in [4.69, 9.17) is 14.2 Å². The highest BCUT2D eigenvalue weighted by Gasteiger charge is 2.23. The van der Waals surface area contributed by atoms with Gasteiger partial charge in [0.25, 0.3) is 0 Å². The lowest BCUT2D eigenvalue weighted by molar-refractivity contribution is -0.134. The summed E-state index contributed by atoms with van der Waals surface area (Å²) >= 11 is 0. The minimum Gasteiger partial charge on any atom is -0.382 e. The van der Waals surface area contributed by atoms with Gasteiger partial charge in [-0.05, 0) is 21.0 Å². The van der Waals surface area contributed by atoms with Gasteiger partial charge in [-0.1, -0.05) is 0 Å². The molecule has 0 fully saturated rings. The zero-order chi connectivity index (χ0) is 10.3. The van der Waals surface area contributed by atoms with Crippen LogP contribution >= 0.6 is 0 Å². The third-order valence-corrected chi connectivity index (χ3v) is 1.80. The molecule has 80 valence electrons. The van der Waals surface area contributed by atoms with Crippen LogP contribution in [0.5, 0.6) is 0 Å². The van der Waals surface area contributed by atoms with Crippen LogP contribution in [0.1, 0.15) is 6.92 Å². The summed E-state index contributed by atoms with van der Waals surface area (Å²) in [4.78, 5) is 1.98. The van der Waals surface area contributed by atoms with Crippen molar-refractivity contribution in [2.45, 2.75) is 19.3 Å². The van der Waals surface area contributed by atoms with E-state index in [0.29, 0.717) is 13.2 Å². The molecule has 0 saturated carbocycles. The van der Waals surface area contributed by atoms with Crippen molar-refractivity contribution in [2.24, 2.45) is 0 Å². The number of hydrogen-bond donors (Lipinski definition) is 0. The van der Waals surface area contributed by atoms with Gasteiger partial charge in [-0.2, -0.15) is 0 Å². The molecule has 0 aromatic rings. The van der Waals surface area contributed by atoms with Crippen molar-refractivity contribution in [1.82, 2.24) is 4.90 Å². The summed E-state index contributed by atoms with van der Waals surface area (Å²) in [5, 5.41) is 0. The number of hydrogen-bond acceptors (Lipinski definition) is 4. The van der Waals surface area contributed by atoms with Crippen molar-refractivity contribution in [1.29, 1.82) is 0 Å². The molecule has 0 spiro atoms. The van der Waals surface area contributed by atoms with E-state index in [9.17, 15) is 0 Å². The molecule has 0 heterocycles. The van der Waals surface area contributed by atoms with Gasteiger partial charge in [0.15, 0.2) is 0 Å². The fourth-order valence-electron chi connectivity index (χ4n) is 1.19. The summed E-state index contributed by atoms with van der Waals surface area (Å²) in [6.45, 7) is 3.18. The maximum Gasteiger partial charge on any atom is 0.138 e. The van der Waals surface area contributed by atoms with Crippen LogP contribution in [0.3, 0.4) is 0 Å². The average Bonchev–Trinajstić information content (AvgIpc) is 2.10. The van der Waals surface area contributed by atoms with Gasteiger partial charge >= 0.3 is 0 Å². The van der Waals surface area contributed by atoms with Crippen LogP contribution in [0, 0.1) is 0 Å². The molecule has 0 aromatic heterocycles. The lowest BCUT2D eigenvalue weighted by atomic mass is 10.3. The lowest BCUT2D eigenvalue weighted by Gasteiger charge is -2.30. The largest absolute Gasteiger partial charge is 0.382 e. The quantitative estimate of drug-likeness (QED) is 0.551. The Labute approximate surface area is 80.8 Å². The van der Waals surface area contributed by atoms with E-state index in [2.05, 4.69) is 0 Å². The second-order valence-corrected chi connectivity index (χ2v) is 3.04. The molecular formula is C9H21NO3. The molecule has 0 aromatic carbocycles. The van der Waals surface area contributed by atoms with Crippen molar-refractivity contribution in [3.63, 3.8) is 0 Å². The highest BCUT2D eigenvalue weighted by Crippen LogP contribution is 2.06. The maximum atomic E-state index is 5.53. The third kappa shape index (κ3) is 4.57. The van der Waals surface area contributed by atoms with Crippen LogP contribution < -0.4 is 0 Å². The molecule has 0 rings (SSSR count). The Kier molecular flexibility index (Phi) is 7.17.